The fourth-order valence-electron chi connectivity index (χ4n) is 3.30. The quantitative estimate of drug-likeness (QED) is 0.621. The van der Waals surface area contributed by atoms with Crippen molar-refractivity contribution in [1.29, 1.82) is 0 Å². The Bertz CT molecular complexity index is 1090. The average Bonchev–Trinajstić information content (AvgIpc) is 3.12. The predicted octanol–water partition coefficient (Wildman–Crippen LogP) is 3.61. The van der Waals surface area contributed by atoms with E-state index in [2.05, 4.69) is 15.1 Å². The first kappa shape index (κ1) is 15.4. The van der Waals surface area contributed by atoms with Crippen molar-refractivity contribution in [3.8, 4) is 11.1 Å². The topological polar surface area (TPSA) is 76.7 Å². The number of aryl methyl sites for hydroxylation is 2. The molecule has 4 aromatic rings. The number of rotatable bonds is 3. The summed E-state index contributed by atoms with van der Waals surface area (Å²) in [6, 6.07) is 11.8. The first-order chi connectivity index (χ1) is 12.1. The van der Waals surface area contributed by atoms with Gasteiger partial charge >= 0.3 is 5.69 Å². The number of imidazole rings is 1. The summed E-state index contributed by atoms with van der Waals surface area (Å²) in [4.78, 5) is 19.8. The lowest BCUT2D eigenvalue weighted by molar-refractivity contribution is 0.393. The molecule has 1 N–H and O–H groups in total. The standard InChI is InChI=1S/C19H18N4O2/c1-11-17(13(3)25-22-11)15-9-16-18(20-10-15)21-19(24)23(16)12(2)14-7-5-4-6-8-14/h4-10,12H,1-3H3,(H,20,21,24)/t12-/m0/s1. The molecule has 0 fully saturated rings. The molecule has 0 saturated heterocycles. The zero-order chi connectivity index (χ0) is 17.6. The molecule has 0 unspecified atom stereocenters. The van der Waals surface area contributed by atoms with Crippen molar-refractivity contribution in [1.82, 2.24) is 19.7 Å². The highest BCUT2D eigenvalue weighted by atomic mass is 16.5. The molecule has 0 spiro atoms. The third-order valence-electron chi connectivity index (χ3n) is 4.56. The van der Waals surface area contributed by atoms with Gasteiger partial charge in [-0.1, -0.05) is 35.5 Å². The van der Waals surface area contributed by atoms with Gasteiger partial charge in [-0.05, 0) is 32.4 Å². The van der Waals surface area contributed by atoms with Crippen LogP contribution in [0.3, 0.4) is 0 Å². The van der Waals surface area contributed by atoms with Gasteiger partial charge in [-0.15, -0.1) is 0 Å². The first-order valence-electron chi connectivity index (χ1n) is 8.14. The van der Waals surface area contributed by atoms with Crippen molar-refractivity contribution in [3.05, 3.63) is 70.1 Å². The Morgan fingerprint density at radius 3 is 2.64 bits per heavy atom. The van der Waals surface area contributed by atoms with Crippen molar-refractivity contribution in [2.45, 2.75) is 26.8 Å². The highest BCUT2D eigenvalue weighted by molar-refractivity contribution is 5.79. The summed E-state index contributed by atoms with van der Waals surface area (Å²) in [5.74, 6) is 0.735. The molecule has 1 aromatic carbocycles. The molecule has 25 heavy (non-hydrogen) atoms. The number of H-pyrrole nitrogens is 1. The molecule has 6 nitrogen and oxygen atoms in total. The van der Waals surface area contributed by atoms with E-state index in [4.69, 9.17) is 4.52 Å². The van der Waals surface area contributed by atoms with Gasteiger partial charge in [0.05, 0.1) is 17.3 Å². The summed E-state index contributed by atoms with van der Waals surface area (Å²) in [5.41, 5.74) is 4.84. The molecule has 4 rings (SSSR count). The van der Waals surface area contributed by atoms with Crippen molar-refractivity contribution >= 4 is 11.2 Å². The molecule has 0 aliphatic carbocycles. The maximum Gasteiger partial charge on any atom is 0.328 e. The zero-order valence-electron chi connectivity index (χ0n) is 14.3. The zero-order valence-corrected chi connectivity index (χ0v) is 14.3. The summed E-state index contributed by atoms with van der Waals surface area (Å²) >= 11 is 0. The monoisotopic (exact) mass is 334 g/mol. The molecule has 0 bridgehead atoms. The lowest BCUT2D eigenvalue weighted by Crippen LogP contribution is -2.21. The number of nitrogens with one attached hydrogen (secondary N) is 1. The predicted molar refractivity (Wildman–Crippen MR) is 95.6 cm³/mol. The van der Waals surface area contributed by atoms with Crippen LogP contribution in [-0.2, 0) is 0 Å². The van der Waals surface area contributed by atoms with Crippen LogP contribution in [0.4, 0.5) is 0 Å². The Balaban J connectivity index is 1.92. The summed E-state index contributed by atoms with van der Waals surface area (Å²) in [6.07, 6.45) is 1.74. The van der Waals surface area contributed by atoms with Crippen LogP contribution in [0.1, 0.15) is 30.0 Å². The number of nitrogens with zero attached hydrogens (tertiary/aromatic N) is 3. The van der Waals surface area contributed by atoms with Crippen LogP contribution in [0.15, 0.2) is 51.9 Å². The molecule has 6 heteroatoms. The van der Waals surface area contributed by atoms with E-state index in [-0.39, 0.29) is 11.7 Å². The number of aromatic amines is 1. The van der Waals surface area contributed by atoms with Crippen LogP contribution in [0, 0.1) is 13.8 Å². The van der Waals surface area contributed by atoms with Crippen LogP contribution in [0.25, 0.3) is 22.3 Å². The second-order valence-electron chi connectivity index (χ2n) is 6.18. The molecule has 1 atom stereocenters. The number of hydrogen-bond donors (Lipinski definition) is 1. The van der Waals surface area contributed by atoms with E-state index in [9.17, 15) is 4.79 Å². The highest BCUT2D eigenvalue weighted by Crippen LogP contribution is 2.29. The van der Waals surface area contributed by atoms with Gasteiger partial charge in [0, 0.05) is 17.3 Å². The Hall–Kier alpha value is -3.15. The van der Waals surface area contributed by atoms with Crippen molar-refractivity contribution < 1.29 is 4.52 Å². The lowest BCUT2D eigenvalue weighted by Gasteiger charge is -2.14. The molecular formula is C19H18N4O2. The van der Waals surface area contributed by atoms with E-state index in [1.807, 2.05) is 57.2 Å². The first-order valence-corrected chi connectivity index (χ1v) is 8.14. The second kappa shape index (κ2) is 5.73. The third-order valence-corrected chi connectivity index (χ3v) is 4.56. The summed E-state index contributed by atoms with van der Waals surface area (Å²) in [6.45, 7) is 5.77. The number of benzene rings is 1. The van der Waals surface area contributed by atoms with Gasteiger partial charge in [0.25, 0.3) is 0 Å². The molecule has 0 saturated carbocycles. The Morgan fingerprint density at radius 1 is 1.20 bits per heavy atom. The molecule has 0 aliphatic rings. The van der Waals surface area contributed by atoms with Gasteiger partial charge in [-0.25, -0.2) is 9.78 Å². The van der Waals surface area contributed by atoms with Crippen molar-refractivity contribution in [3.63, 3.8) is 0 Å². The summed E-state index contributed by atoms with van der Waals surface area (Å²) < 4.78 is 7.00. The van der Waals surface area contributed by atoms with Crippen LogP contribution in [0.2, 0.25) is 0 Å². The van der Waals surface area contributed by atoms with E-state index in [1.54, 1.807) is 10.8 Å². The van der Waals surface area contributed by atoms with Crippen LogP contribution >= 0.6 is 0 Å². The number of pyridine rings is 1. The van der Waals surface area contributed by atoms with E-state index < -0.39 is 0 Å². The Kier molecular flexibility index (Phi) is 3.53. The van der Waals surface area contributed by atoms with Gasteiger partial charge < -0.3 is 4.52 Å². The fourth-order valence-corrected chi connectivity index (χ4v) is 3.30. The molecule has 126 valence electrons. The minimum atomic E-state index is -0.172. The van der Waals surface area contributed by atoms with Crippen LogP contribution < -0.4 is 5.69 Å². The molecule has 0 aliphatic heterocycles. The van der Waals surface area contributed by atoms with Crippen molar-refractivity contribution in [2.75, 3.05) is 0 Å². The molecule has 0 amide bonds. The number of fused-ring (bicyclic) bond motifs is 1. The van der Waals surface area contributed by atoms with E-state index in [0.29, 0.717) is 5.65 Å². The SMILES string of the molecule is Cc1noc(C)c1-c1cnc2[nH]c(=O)n([C@@H](C)c3ccccc3)c2c1. The van der Waals surface area contributed by atoms with E-state index in [0.717, 1.165) is 33.7 Å². The molecular weight excluding hydrogens is 316 g/mol. The minimum absolute atomic E-state index is 0.107. The van der Waals surface area contributed by atoms with E-state index >= 15 is 0 Å². The Morgan fingerprint density at radius 2 is 1.96 bits per heavy atom. The van der Waals surface area contributed by atoms with Gasteiger partial charge in [-0.2, -0.15) is 0 Å². The summed E-state index contributed by atoms with van der Waals surface area (Å²) in [7, 11) is 0. The third kappa shape index (κ3) is 2.46. The van der Waals surface area contributed by atoms with Gasteiger partial charge in [-0.3, -0.25) is 9.55 Å². The van der Waals surface area contributed by atoms with Gasteiger partial charge in [0.1, 0.15) is 5.76 Å². The second-order valence-corrected chi connectivity index (χ2v) is 6.18. The molecule has 3 aromatic heterocycles. The molecule has 0 radical (unpaired) electrons. The average molecular weight is 334 g/mol. The highest BCUT2D eigenvalue weighted by Gasteiger charge is 2.18. The van der Waals surface area contributed by atoms with Crippen LogP contribution in [0.5, 0.6) is 0 Å². The smallest absolute Gasteiger partial charge is 0.328 e. The van der Waals surface area contributed by atoms with E-state index in [1.165, 1.54) is 0 Å². The number of aromatic nitrogens is 4. The lowest BCUT2D eigenvalue weighted by atomic mass is 10.1. The van der Waals surface area contributed by atoms with Gasteiger partial charge in [0.2, 0.25) is 0 Å². The van der Waals surface area contributed by atoms with Crippen molar-refractivity contribution in [2.24, 2.45) is 0 Å². The van der Waals surface area contributed by atoms with Gasteiger partial charge in [0.15, 0.2) is 5.65 Å². The Labute approximate surface area is 144 Å². The maximum atomic E-state index is 12.5. The fraction of sp³-hybridized carbons (Fsp3) is 0.211. The largest absolute Gasteiger partial charge is 0.361 e. The van der Waals surface area contributed by atoms with Crippen LogP contribution in [-0.4, -0.2) is 19.7 Å². The molecule has 3 heterocycles. The minimum Gasteiger partial charge on any atom is -0.361 e. The number of hydrogen-bond acceptors (Lipinski definition) is 4. The normalized spacial score (nSPS) is 12.6. The summed E-state index contributed by atoms with van der Waals surface area (Å²) in [5, 5.41) is 4.00. The maximum absolute atomic E-state index is 12.5.